The topological polar surface area (TPSA) is 26.3 Å². The Balaban J connectivity index is 0. The monoisotopic (exact) mass is 292 g/mol. The van der Waals surface area contributed by atoms with Crippen LogP contribution in [0.15, 0.2) is 0 Å². The van der Waals surface area contributed by atoms with Crippen molar-refractivity contribution in [1.29, 1.82) is 0 Å². The van der Waals surface area contributed by atoms with Gasteiger partial charge in [0, 0.05) is 12.9 Å². The van der Waals surface area contributed by atoms with Crippen LogP contribution in [0.3, 0.4) is 0 Å². The normalized spacial score (nSPS) is 9.78. The summed E-state index contributed by atoms with van der Waals surface area (Å²) >= 11 is 10.8. The quantitative estimate of drug-likeness (QED) is 0.275. The van der Waals surface area contributed by atoms with Gasteiger partial charge in [-0.1, -0.05) is 0 Å². The van der Waals surface area contributed by atoms with Crippen molar-refractivity contribution in [2.24, 2.45) is 0 Å². The molecule has 0 aromatic rings. The zero-order valence-electron chi connectivity index (χ0n) is 4.87. The molecule has 2 radical (unpaired) electrons. The Morgan fingerprint density at radius 3 is 1.89 bits per heavy atom. The summed E-state index contributed by atoms with van der Waals surface area (Å²) in [6.45, 7) is 1.50. The minimum absolute atomic E-state index is 0. The Bertz CT molecular complexity index is 99.7. The van der Waals surface area contributed by atoms with Crippen LogP contribution in [0.4, 0.5) is 0 Å². The average molecular weight is 291 g/mol. The summed E-state index contributed by atoms with van der Waals surface area (Å²) in [5, 5.41) is 0. The number of hydrogen-bond donors (Lipinski definition) is 3. The summed E-state index contributed by atoms with van der Waals surface area (Å²) < 4.78 is 2.98. The number of hydrogen-bond acceptors (Lipinski definition) is 5. The van der Waals surface area contributed by atoms with Gasteiger partial charge in [-0.05, 0) is 6.92 Å². The van der Waals surface area contributed by atoms with Gasteiger partial charge >= 0.3 is 29.9 Å². The molecule has 0 rings (SSSR count). The Morgan fingerprint density at radius 2 is 1.89 bits per heavy atom. The van der Waals surface area contributed by atoms with E-state index in [4.69, 9.17) is 0 Å². The molecule has 0 aromatic carbocycles. The summed E-state index contributed by atoms with van der Waals surface area (Å²) in [5.74, 6) is -0.576. The second-order valence-corrected chi connectivity index (χ2v) is 3.72. The van der Waals surface area contributed by atoms with Crippen molar-refractivity contribution in [3.05, 3.63) is 0 Å². The molecule has 0 amide bonds. The van der Waals surface area contributed by atoms with Crippen LogP contribution in [0.5, 0.6) is 0 Å². The van der Waals surface area contributed by atoms with Crippen molar-refractivity contribution >= 4 is 68.0 Å². The van der Waals surface area contributed by atoms with Crippen LogP contribution >= 0.6 is 38.2 Å². The summed E-state index contributed by atoms with van der Waals surface area (Å²) in [6, 6.07) is 0. The molecule has 0 heterocycles. The van der Waals surface area contributed by atoms with Crippen molar-refractivity contribution in [1.82, 2.24) is 0 Å². The van der Waals surface area contributed by atoms with E-state index in [1.165, 1.54) is 6.92 Å². The molecule has 0 saturated carbocycles. The van der Waals surface area contributed by atoms with E-state index >= 15 is 0 Å². The fourth-order valence-electron chi connectivity index (χ4n) is 0.0865. The fourth-order valence-corrected chi connectivity index (χ4v) is 0.504. The summed E-state index contributed by atoms with van der Waals surface area (Å²) in [6.07, 6.45) is 0. The SMILES string of the molecule is CC(S)(S)C(=O)OS.[SnH2]. The fraction of sp³-hybridized carbons (Fsp3) is 0.667. The van der Waals surface area contributed by atoms with E-state index in [-0.39, 0.29) is 23.9 Å². The molecular formula is C3H8O2S3Sn. The van der Waals surface area contributed by atoms with Gasteiger partial charge in [0.15, 0.2) is 4.08 Å². The molecule has 0 fully saturated rings. The molecule has 0 aliphatic carbocycles. The van der Waals surface area contributed by atoms with E-state index in [1.807, 2.05) is 0 Å². The van der Waals surface area contributed by atoms with Gasteiger partial charge in [0.05, 0.1) is 0 Å². The summed E-state index contributed by atoms with van der Waals surface area (Å²) in [5.41, 5.74) is 0. The van der Waals surface area contributed by atoms with Gasteiger partial charge < -0.3 is 4.18 Å². The van der Waals surface area contributed by atoms with Crippen LogP contribution in [0, 0.1) is 0 Å². The Hall–Kier alpha value is 1.32. The molecular weight excluding hydrogens is 283 g/mol. The van der Waals surface area contributed by atoms with E-state index in [1.54, 1.807) is 0 Å². The molecule has 0 saturated heterocycles. The van der Waals surface area contributed by atoms with E-state index < -0.39 is 10.0 Å². The van der Waals surface area contributed by atoms with E-state index in [9.17, 15) is 4.79 Å². The second-order valence-electron chi connectivity index (χ2n) is 1.40. The van der Waals surface area contributed by atoms with E-state index in [2.05, 4.69) is 42.4 Å². The van der Waals surface area contributed by atoms with Gasteiger partial charge in [-0.15, -0.1) is 0 Å². The van der Waals surface area contributed by atoms with Crippen LogP contribution in [0.2, 0.25) is 0 Å². The average Bonchev–Trinajstić information content (AvgIpc) is 1.62. The van der Waals surface area contributed by atoms with Crippen LogP contribution in [0.25, 0.3) is 0 Å². The first-order valence-electron chi connectivity index (χ1n) is 1.79. The van der Waals surface area contributed by atoms with Crippen LogP contribution < -0.4 is 0 Å². The molecule has 0 aliphatic rings. The third kappa shape index (κ3) is 5.75. The molecule has 0 atom stereocenters. The first-order valence-corrected chi connectivity index (χ1v) is 3.05. The molecule has 0 spiro atoms. The van der Waals surface area contributed by atoms with Gasteiger partial charge in [-0.25, -0.2) is 4.79 Å². The molecule has 2 nitrogen and oxygen atoms in total. The second kappa shape index (κ2) is 5.03. The zero-order chi connectivity index (χ0) is 6.78. The molecule has 6 heteroatoms. The Kier molecular flexibility index (Phi) is 7.24. The molecule has 0 aromatic heterocycles. The van der Waals surface area contributed by atoms with Crippen molar-refractivity contribution in [2.45, 2.75) is 11.0 Å². The molecule has 54 valence electrons. The number of carbonyl (C=O) groups excluding carboxylic acids is 1. The first-order chi connectivity index (χ1) is 3.48. The van der Waals surface area contributed by atoms with Crippen molar-refractivity contribution in [3.8, 4) is 0 Å². The van der Waals surface area contributed by atoms with Gasteiger partial charge in [-0.2, -0.15) is 25.3 Å². The molecule has 0 aliphatic heterocycles. The molecule has 0 N–H and O–H groups in total. The summed E-state index contributed by atoms with van der Waals surface area (Å²) in [7, 11) is 0. The van der Waals surface area contributed by atoms with Crippen LogP contribution in [0.1, 0.15) is 6.92 Å². The van der Waals surface area contributed by atoms with Gasteiger partial charge in [-0.3, -0.25) is 0 Å². The Morgan fingerprint density at radius 1 is 1.56 bits per heavy atom. The van der Waals surface area contributed by atoms with Crippen molar-refractivity contribution in [2.75, 3.05) is 0 Å². The standard InChI is InChI=1S/C3H6O2S3.Sn.2H/c1-3(6,7)2(4)5-8;;;/h6-8H,1H3;;;. The van der Waals surface area contributed by atoms with E-state index in [0.717, 1.165) is 0 Å². The predicted octanol–water partition coefficient (Wildman–Crippen LogP) is 0.0340. The maximum atomic E-state index is 10.4. The molecule has 0 bridgehead atoms. The van der Waals surface area contributed by atoms with E-state index in [0.29, 0.717) is 0 Å². The minimum atomic E-state index is -1.04. The molecule has 0 unspecified atom stereocenters. The first kappa shape index (κ1) is 12.9. The third-order valence-electron chi connectivity index (χ3n) is 0.470. The van der Waals surface area contributed by atoms with Gasteiger partial charge in [0.2, 0.25) is 0 Å². The zero-order valence-corrected chi connectivity index (χ0v) is 11.6. The predicted molar refractivity (Wildman–Crippen MR) is 50.0 cm³/mol. The van der Waals surface area contributed by atoms with Gasteiger partial charge in [0.25, 0.3) is 0 Å². The van der Waals surface area contributed by atoms with Crippen LogP contribution in [-0.2, 0) is 8.98 Å². The number of carbonyl (C=O) groups is 1. The van der Waals surface area contributed by atoms with Gasteiger partial charge in [0.1, 0.15) is 0 Å². The third-order valence-corrected chi connectivity index (χ3v) is 1.00. The molecule has 9 heavy (non-hydrogen) atoms. The Labute approximate surface area is 87.5 Å². The number of thiol groups is 3. The maximum absolute atomic E-state index is 10.4. The van der Waals surface area contributed by atoms with Crippen molar-refractivity contribution < 1.29 is 8.98 Å². The number of rotatable bonds is 1. The van der Waals surface area contributed by atoms with Crippen LogP contribution in [-0.4, -0.2) is 34.0 Å². The van der Waals surface area contributed by atoms with Crippen molar-refractivity contribution in [3.63, 3.8) is 0 Å². The summed E-state index contributed by atoms with van der Waals surface area (Å²) in [4.78, 5) is 10.4.